The molecule has 0 saturated heterocycles. The molecule has 1 aromatic carbocycles. The van der Waals surface area contributed by atoms with Crippen LogP contribution in [0.2, 0.25) is 0 Å². The van der Waals surface area contributed by atoms with E-state index in [9.17, 15) is 4.79 Å². The number of carbonyl (C=O) groups excluding carboxylic acids is 1. The molecule has 0 bridgehead atoms. The molecule has 1 aromatic rings. The summed E-state index contributed by atoms with van der Waals surface area (Å²) in [6, 6.07) is 8.25. The van der Waals surface area contributed by atoms with Gasteiger partial charge in [-0.15, -0.1) is 0 Å². The van der Waals surface area contributed by atoms with Crippen molar-refractivity contribution in [2.24, 2.45) is 5.92 Å². The van der Waals surface area contributed by atoms with Gasteiger partial charge in [0, 0.05) is 31.4 Å². The first-order chi connectivity index (χ1) is 9.06. The van der Waals surface area contributed by atoms with Crippen LogP contribution in [0.15, 0.2) is 24.3 Å². The van der Waals surface area contributed by atoms with Crippen LogP contribution in [-0.2, 0) is 0 Å². The number of hydrogen-bond acceptors (Lipinski definition) is 2. The van der Waals surface area contributed by atoms with Gasteiger partial charge in [0.2, 0.25) is 0 Å². The molecule has 0 radical (unpaired) electrons. The maximum atomic E-state index is 11.9. The highest BCUT2D eigenvalue weighted by Gasteiger charge is 2.19. The van der Waals surface area contributed by atoms with Crippen molar-refractivity contribution >= 4 is 11.6 Å². The molecule has 1 saturated carbocycles. The highest BCUT2D eigenvalue weighted by atomic mass is 16.2. The van der Waals surface area contributed by atoms with Crippen LogP contribution in [0.25, 0.3) is 0 Å². The zero-order valence-electron chi connectivity index (χ0n) is 12.1. The Kier molecular flexibility index (Phi) is 4.46. The molecule has 0 heterocycles. The van der Waals surface area contributed by atoms with Gasteiger partial charge >= 0.3 is 0 Å². The largest absolute Gasteiger partial charge is 0.383 e. The van der Waals surface area contributed by atoms with Gasteiger partial charge in [0.1, 0.15) is 0 Å². The smallest absolute Gasteiger partial charge is 0.253 e. The highest BCUT2D eigenvalue weighted by Crippen LogP contribution is 2.31. The molecule has 104 valence electrons. The fraction of sp³-hybridized carbons (Fsp3) is 0.562. The Bertz CT molecular complexity index is 438. The number of anilines is 1. The molecule has 19 heavy (non-hydrogen) atoms. The van der Waals surface area contributed by atoms with Crippen molar-refractivity contribution in [3.05, 3.63) is 29.8 Å². The van der Waals surface area contributed by atoms with Crippen molar-refractivity contribution in [2.75, 3.05) is 19.4 Å². The van der Waals surface area contributed by atoms with Gasteiger partial charge in [-0.25, -0.2) is 0 Å². The number of hydrogen-bond donors (Lipinski definition) is 1. The summed E-state index contributed by atoms with van der Waals surface area (Å²) < 4.78 is 0. The number of amides is 1. The molecule has 0 spiro atoms. The first-order valence-electron chi connectivity index (χ1n) is 7.14. The second-order valence-electron chi connectivity index (χ2n) is 5.86. The van der Waals surface area contributed by atoms with E-state index >= 15 is 0 Å². The summed E-state index contributed by atoms with van der Waals surface area (Å²) in [5, 5.41) is 3.50. The van der Waals surface area contributed by atoms with Crippen molar-refractivity contribution in [1.82, 2.24) is 4.90 Å². The molecule has 1 fully saturated rings. The number of nitrogens with zero attached hydrogens (tertiary/aromatic N) is 1. The number of benzene rings is 1. The topological polar surface area (TPSA) is 32.3 Å². The van der Waals surface area contributed by atoms with E-state index in [-0.39, 0.29) is 5.91 Å². The number of carbonyl (C=O) groups is 1. The van der Waals surface area contributed by atoms with Crippen LogP contribution in [0.4, 0.5) is 5.69 Å². The SMILES string of the molecule is CC(CC1CCC1)Nc1cccc(C(=O)N(C)C)c1. The van der Waals surface area contributed by atoms with Gasteiger partial charge in [0.25, 0.3) is 5.91 Å². The Labute approximate surface area is 116 Å². The molecule has 1 unspecified atom stereocenters. The molecule has 1 aliphatic carbocycles. The average molecular weight is 260 g/mol. The third-order valence-corrected chi connectivity index (χ3v) is 3.84. The van der Waals surface area contributed by atoms with E-state index in [0.717, 1.165) is 17.2 Å². The summed E-state index contributed by atoms with van der Waals surface area (Å²) in [4.78, 5) is 13.5. The molecule has 1 atom stereocenters. The van der Waals surface area contributed by atoms with E-state index in [1.54, 1.807) is 19.0 Å². The maximum absolute atomic E-state index is 11.9. The van der Waals surface area contributed by atoms with Crippen LogP contribution >= 0.6 is 0 Å². The first-order valence-corrected chi connectivity index (χ1v) is 7.14. The van der Waals surface area contributed by atoms with E-state index in [4.69, 9.17) is 0 Å². The monoisotopic (exact) mass is 260 g/mol. The van der Waals surface area contributed by atoms with Crippen molar-refractivity contribution in [2.45, 2.75) is 38.6 Å². The van der Waals surface area contributed by atoms with Crippen molar-refractivity contribution < 1.29 is 4.79 Å². The fourth-order valence-electron chi connectivity index (χ4n) is 2.57. The van der Waals surface area contributed by atoms with Gasteiger partial charge in [-0.1, -0.05) is 25.3 Å². The molecule has 3 heteroatoms. The van der Waals surface area contributed by atoms with Gasteiger partial charge in [0.05, 0.1) is 0 Å². The Morgan fingerprint density at radius 2 is 2.16 bits per heavy atom. The Hall–Kier alpha value is -1.51. The predicted molar refractivity (Wildman–Crippen MR) is 79.5 cm³/mol. The second kappa shape index (κ2) is 6.09. The highest BCUT2D eigenvalue weighted by molar-refractivity contribution is 5.94. The summed E-state index contributed by atoms with van der Waals surface area (Å²) in [5.74, 6) is 0.949. The number of nitrogens with one attached hydrogen (secondary N) is 1. The lowest BCUT2D eigenvalue weighted by atomic mass is 9.81. The Balaban J connectivity index is 1.96. The van der Waals surface area contributed by atoms with Crippen molar-refractivity contribution in [1.29, 1.82) is 0 Å². The van der Waals surface area contributed by atoms with Crippen molar-refractivity contribution in [3.63, 3.8) is 0 Å². The lowest BCUT2D eigenvalue weighted by Gasteiger charge is -2.29. The normalized spacial score (nSPS) is 16.6. The quantitative estimate of drug-likeness (QED) is 0.880. The van der Waals surface area contributed by atoms with Crippen LogP contribution in [0.1, 0.15) is 43.0 Å². The van der Waals surface area contributed by atoms with Crippen LogP contribution in [0.5, 0.6) is 0 Å². The van der Waals surface area contributed by atoms with E-state index in [1.165, 1.54) is 25.7 Å². The summed E-state index contributed by atoms with van der Waals surface area (Å²) in [7, 11) is 3.56. The number of rotatable bonds is 5. The molecular formula is C16H24N2O. The zero-order valence-corrected chi connectivity index (χ0v) is 12.1. The first kappa shape index (κ1) is 13.9. The van der Waals surface area contributed by atoms with E-state index in [1.807, 2.05) is 24.3 Å². The van der Waals surface area contributed by atoms with Crippen LogP contribution < -0.4 is 5.32 Å². The summed E-state index contributed by atoms with van der Waals surface area (Å²) in [6.07, 6.45) is 5.38. The molecule has 0 aromatic heterocycles. The minimum absolute atomic E-state index is 0.0512. The van der Waals surface area contributed by atoms with Gasteiger partial charge < -0.3 is 10.2 Å². The molecule has 2 rings (SSSR count). The second-order valence-corrected chi connectivity index (χ2v) is 5.86. The van der Waals surface area contributed by atoms with Gasteiger partial charge in [-0.3, -0.25) is 4.79 Å². The molecule has 1 N–H and O–H groups in total. The lowest BCUT2D eigenvalue weighted by Crippen LogP contribution is -2.24. The Morgan fingerprint density at radius 1 is 1.42 bits per heavy atom. The molecular weight excluding hydrogens is 236 g/mol. The van der Waals surface area contributed by atoms with Crippen molar-refractivity contribution in [3.8, 4) is 0 Å². The zero-order chi connectivity index (χ0) is 13.8. The van der Waals surface area contributed by atoms with E-state index in [2.05, 4.69) is 12.2 Å². The minimum atomic E-state index is 0.0512. The fourth-order valence-corrected chi connectivity index (χ4v) is 2.57. The third kappa shape index (κ3) is 3.72. The van der Waals surface area contributed by atoms with Crippen LogP contribution in [-0.4, -0.2) is 30.9 Å². The third-order valence-electron chi connectivity index (χ3n) is 3.84. The van der Waals surface area contributed by atoms with Crippen LogP contribution in [0.3, 0.4) is 0 Å². The molecule has 3 nitrogen and oxygen atoms in total. The minimum Gasteiger partial charge on any atom is -0.383 e. The van der Waals surface area contributed by atoms with Crippen LogP contribution in [0, 0.1) is 5.92 Å². The van der Waals surface area contributed by atoms with Gasteiger partial charge in [0.15, 0.2) is 0 Å². The molecule has 1 aliphatic rings. The summed E-state index contributed by atoms with van der Waals surface area (Å²) in [5.41, 5.74) is 1.78. The lowest BCUT2D eigenvalue weighted by molar-refractivity contribution is 0.0827. The Morgan fingerprint density at radius 3 is 2.74 bits per heavy atom. The average Bonchev–Trinajstić information content (AvgIpc) is 2.33. The summed E-state index contributed by atoms with van der Waals surface area (Å²) >= 11 is 0. The van der Waals surface area contributed by atoms with Gasteiger partial charge in [-0.05, 0) is 37.5 Å². The maximum Gasteiger partial charge on any atom is 0.253 e. The molecule has 1 amide bonds. The summed E-state index contributed by atoms with van der Waals surface area (Å²) in [6.45, 7) is 2.22. The van der Waals surface area contributed by atoms with Gasteiger partial charge in [-0.2, -0.15) is 0 Å². The molecule has 0 aliphatic heterocycles. The predicted octanol–water partition coefficient (Wildman–Crippen LogP) is 3.38. The standard InChI is InChI=1S/C16H24N2O/c1-12(10-13-6-4-7-13)17-15-9-5-8-14(11-15)16(19)18(2)3/h5,8-9,11-13,17H,4,6-7,10H2,1-3H3. The van der Waals surface area contributed by atoms with E-state index in [0.29, 0.717) is 6.04 Å². The van der Waals surface area contributed by atoms with E-state index < -0.39 is 0 Å².